The van der Waals surface area contributed by atoms with Crippen LogP contribution in [0, 0.1) is 0 Å². The molecule has 1 aliphatic rings. The van der Waals surface area contributed by atoms with Gasteiger partial charge in [0.25, 0.3) is 0 Å². The molecular formula is C25H18N8O. The number of hydrogen-bond acceptors (Lipinski definition) is 7. The van der Waals surface area contributed by atoms with Gasteiger partial charge in [0.15, 0.2) is 11.5 Å². The highest BCUT2D eigenvalue weighted by atomic mass is 16.5. The molecule has 9 heteroatoms. The summed E-state index contributed by atoms with van der Waals surface area (Å²) in [4.78, 5) is 21.9. The van der Waals surface area contributed by atoms with Gasteiger partial charge in [-0.05, 0) is 35.9 Å². The van der Waals surface area contributed by atoms with Crippen LogP contribution in [0.1, 0.15) is 0 Å². The first kappa shape index (κ1) is 18.8. The summed E-state index contributed by atoms with van der Waals surface area (Å²) in [6.45, 7) is 1.08. The molecule has 0 atom stereocenters. The molecular weight excluding hydrogens is 428 g/mol. The highest BCUT2D eigenvalue weighted by Crippen LogP contribution is 2.33. The van der Waals surface area contributed by atoms with Crippen molar-refractivity contribution in [1.82, 2.24) is 35.1 Å². The average Bonchev–Trinajstić information content (AvgIpc) is 3.50. The molecule has 0 unspecified atom stereocenters. The maximum Gasteiger partial charge on any atom is 0.160 e. The van der Waals surface area contributed by atoms with Gasteiger partial charge >= 0.3 is 0 Å². The molecule has 2 aromatic carbocycles. The molecule has 4 aromatic heterocycles. The minimum absolute atomic E-state index is 0.484. The molecule has 0 spiro atoms. The molecule has 164 valence electrons. The van der Waals surface area contributed by atoms with E-state index in [1.54, 1.807) is 18.6 Å². The molecule has 9 nitrogen and oxygen atoms in total. The van der Waals surface area contributed by atoms with E-state index < -0.39 is 0 Å². The van der Waals surface area contributed by atoms with Crippen LogP contribution in [0.3, 0.4) is 0 Å². The number of aromatic nitrogens is 7. The lowest BCUT2D eigenvalue weighted by Gasteiger charge is -2.10. The number of ether oxygens (including phenoxy) is 1. The fraction of sp³-hybridized carbons (Fsp3) is 0.0800. The number of fused-ring (bicyclic) bond motifs is 9. The van der Waals surface area contributed by atoms with E-state index in [0.29, 0.717) is 30.4 Å². The summed E-state index contributed by atoms with van der Waals surface area (Å²) in [5, 5.41) is 11.9. The lowest BCUT2D eigenvalue weighted by molar-refractivity contribution is 0.333. The van der Waals surface area contributed by atoms with Gasteiger partial charge in [-0.1, -0.05) is 18.2 Å². The van der Waals surface area contributed by atoms with Crippen LogP contribution in [0.2, 0.25) is 0 Å². The topological polar surface area (TPSA) is 117 Å². The van der Waals surface area contributed by atoms with E-state index >= 15 is 0 Å². The molecule has 0 radical (unpaired) electrons. The first-order chi connectivity index (χ1) is 16.8. The van der Waals surface area contributed by atoms with Crippen LogP contribution >= 0.6 is 0 Å². The first-order valence-electron chi connectivity index (χ1n) is 10.9. The standard InChI is InChI=1S/C25H18N8O/c1-2-14-10-16(3-1)34-9-8-27-21-13-26-12-20(29-21)15-4-5-19-18(11-15)23(33-32-19)25-30-22-17(14)6-7-28-24(22)31-25/h1-7,10-13H,8-9H2,(H,27,29)(H,32,33)(H,28,30,31). The van der Waals surface area contributed by atoms with Crippen molar-refractivity contribution < 1.29 is 4.74 Å². The molecule has 6 aromatic rings. The van der Waals surface area contributed by atoms with Gasteiger partial charge in [-0.3, -0.25) is 10.1 Å². The van der Waals surface area contributed by atoms with Crippen LogP contribution in [-0.4, -0.2) is 48.3 Å². The zero-order chi connectivity index (χ0) is 22.5. The van der Waals surface area contributed by atoms with Gasteiger partial charge < -0.3 is 15.0 Å². The van der Waals surface area contributed by atoms with E-state index in [9.17, 15) is 0 Å². The molecule has 3 N–H and O–H groups in total. The van der Waals surface area contributed by atoms with Gasteiger partial charge in [-0.15, -0.1) is 0 Å². The predicted molar refractivity (Wildman–Crippen MR) is 129 cm³/mol. The van der Waals surface area contributed by atoms with Crippen molar-refractivity contribution >= 4 is 27.9 Å². The minimum atomic E-state index is 0.484. The summed E-state index contributed by atoms with van der Waals surface area (Å²) in [6, 6.07) is 16.0. The van der Waals surface area contributed by atoms with E-state index in [-0.39, 0.29) is 0 Å². The van der Waals surface area contributed by atoms with Crippen molar-refractivity contribution in [2.45, 2.75) is 0 Å². The second kappa shape index (κ2) is 7.38. The number of hydrogen-bond donors (Lipinski definition) is 3. The first-order valence-corrected chi connectivity index (χ1v) is 10.9. The van der Waals surface area contributed by atoms with Crippen molar-refractivity contribution in [2.24, 2.45) is 0 Å². The smallest absolute Gasteiger partial charge is 0.160 e. The molecule has 7 rings (SSSR count). The number of aromatic amines is 2. The van der Waals surface area contributed by atoms with Gasteiger partial charge in [0, 0.05) is 22.7 Å². The number of nitrogens with zero attached hydrogens (tertiary/aromatic N) is 5. The van der Waals surface area contributed by atoms with Gasteiger partial charge in [-0.2, -0.15) is 5.10 Å². The second-order valence-corrected chi connectivity index (χ2v) is 8.07. The van der Waals surface area contributed by atoms with E-state index in [4.69, 9.17) is 14.7 Å². The number of rotatable bonds is 0. The zero-order valence-electron chi connectivity index (χ0n) is 17.9. The Kier molecular flexibility index (Phi) is 4.07. The Balaban J connectivity index is 1.47. The Morgan fingerprint density at radius 1 is 0.941 bits per heavy atom. The van der Waals surface area contributed by atoms with Gasteiger partial charge in [-0.25, -0.2) is 15.0 Å². The minimum Gasteiger partial charge on any atom is -0.492 e. The van der Waals surface area contributed by atoms with E-state index in [1.165, 1.54) is 0 Å². The van der Waals surface area contributed by atoms with Crippen molar-refractivity contribution in [3.8, 4) is 39.7 Å². The van der Waals surface area contributed by atoms with Crippen LogP contribution in [0.4, 0.5) is 5.82 Å². The second-order valence-electron chi connectivity index (χ2n) is 8.07. The third kappa shape index (κ3) is 3.06. The number of H-pyrrole nitrogens is 2. The Bertz CT molecular complexity index is 1690. The summed E-state index contributed by atoms with van der Waals surface area (Å²) in [5.74, 6) is 2.12. The van der Waals surface area contributed by atoms with Crippen LogP contribution in [0.5, 0.6) is 5.75 Å². The Hall–Kier alpha value is -4.79. The fourth-order valence-corrected chi connectivity index (χ4v) is 4.30. The molecule has 0 saturated carbocycles. The molecule has 0 aliphatic carbocycles. The van der Waals surface area contributed by atoms with E-state index in [2.05, 4.69) is 36.5 Å². The number of imidazole rings is 1. The zero-order valence-corrected chi connectivity index (χ0v) is 17.9. The molecule has 0 amide bonds. The fourth-order valence-electron chi connectivity index (χ4n) is 4.30. The lowest BCUT2D eigenvalue weighted by atomic mass is 10.1. The molecule has 34 heavy (non-hydrogen) atoms. The van der Waals surface area contributed by atoms with Gasteiger partial charge in [0.2, 0.25) is 0 Å². The number of pyridine rings is 1. The number of anilines is 1. The lowest BCUT2D eigenvalue weighted by Crippen LogP contribution is -2.12. The van der Waals surface area contributed by atoms with Crippen LogP contribution < -0.4 is 10.1 Å². The molecule has 5 heterocycles. The Labute approximate surface area is 193 Å². The highest BCUT2D eigenvalue weighted by Gasteiger charge is 2.17. The quantitative estimate of drug-likeness (QED) is 0.316. The van der Waals surface area contributed by atoms with Crippen LogP contribution in [-0.2, 0) is 0 Å². The van der Waals surface area contributed by atoms with Crippen LogP contribution in [0.25, 0.3) is 56.0 Å². The van der Waals surface area contributed by atoms with Crippen molar-refractivity contribution in [1.29, 1.82) is 0 Å². The molecule has 8 bridgehead atoms. The summed E-state index contributed by atoms with van der Waals surface area (Å²) in [6.07, 6.45) is 5.25. The summed E-state index contributed by atoms with van der Waals surface area (Å²) < 4.78 is 5.99. The maximum atomic E-state index is 5.99. The number of nitrogens with one attached hydrogen (secondary N) is 3. The molecule has 1 aliphatic heterocycles. The highest BCUT2D eigenvalue weighted by molar-refractivity contribution is 5.97. The normalized spacial score (nSPS) is 12.9. The Morgan fingerprint density at radius 2 is 1.94 bits per heavy atom. The third-order valence-corrected chi connectivity index (χ3v) is 5.92. The van der Waals surface area contributed by atoms with E-state index in [0.717, 1.165) is 50.2 Å². The molecule has 0 fully saturated rings. The average molecular weight is 446 g/mol. The summed E-state index contributed by atoms with van der Waals surface area (Å²) in [7, 11) is 0. The van der Waals surface area contributed by atoms with Crippen molar-refractivity contribution in [3.05, 3.63) is 67.1 Å². The largest absolute Gasteiger partial charge is 0.492 e. The van der Waals surface area contributed by atoms with Crippen molar-refractivity contribution in [3.63, 3.8) is 0 Å². The summed E-state index contributed by atoms with van der Waals surface area (Å²) in [5.41, 5.74) is 6.80. The monoisotopic (exact) mass is 446 g/mol. The van der Waals surface area contributed by atoms with Crippen LogP contribution in [0.15, 0.2) is 67.1 Å². The summed E-state index contributed by atoms with van der Waals surface area (Å²) >= 11 is 0. The predicted octanol–water partition coefficient (Wildman–Crippen LogP) is 4.43. The number of benzene rings is 2. The van der Waals surface area contributed by atoms with Gasteiger partial charge in [0.05, 0.1) is 30.1 Å². The molecule has 0 saturated heterocycles. The SMILES string of the molecule is c1cc2cc(c1)-c1ccnc3[nH]c(nc13)-c1n[nH]c3ccc(cc13)-c1cncc(n1)NCCO2. The Morgan fingerprint density at radius 3 is 2.94 bits per heavy atom. The third-order valence-electron chi connectivity index (χ3n) is 5.92. The van der Waals surface area contributed by atoms with E-state index in [1.807, 2.05) is 42.5 Å². The van der Waals surface area contributed by atoms with Gasteiger partial charge in [0.1, 0.15) is 29.4 Å². The van der Waals surface area contributed by atoms with Crippen molar-refractivity contribution in [2.75, 3.05) is 18.5 Å². The maximum absolute atomic E-state index is 5.99.